The molecule has 0 aromatic rings. The quantitative estimate of drug-likeness (QED) is 0.556. The third kappa shape index (κ3) is 1.55. The molecule has 0 saturated carbocycles. The first-order valence-electron chi connectivity index (χ1n) is 6.05. The molecule has 88 valence electrons. The largest absolute Gasteiger partial charge is 0.317 e. The Hall–Kier alpha value is -0.940. The van der Waals surface area contributed by atoms with E-state index in [1.54, 1.807) is 0 Å². The van der Waals surface area contributed by atoms with Gasteiger partial charge in [0.25, 0.3) is 0 Å². The zero-order chi connectivity index (χ0) is 11.1. The molecule has 5 nitrogen and oxygen atoms in total. The van der Waals surface area contributed by atoms with E-state index in [-0.39, 0.29) is 23.7 Å². The number of hydrogen-bond donors (Lipinski definition) is 2. The minimum atomic E-state index is -0.0811. The molecule has 0 aromatic heterocycles. The van der Waals surface area contributed by atoms with E-state index >= 15 is 0 Å². The lowest BCUT2D eigenvalue weighted by Gasteiger charge is -2.31. The van der Waals surface area contributed by atoms with Crippen LogP contribution in [0.5, 0.6) is 0 Å². The maximum atomic E-state index is 11.5. The van der Waals surface area contributed by atoms with E-state index in [1.165, 1.54) is 0 Å². The fourth-order valence-electron chi connectivity index (χ4n) is 3.14. The summed E-state index contributed by atoms with van der Waals surface area (Å²) in [4.78, 5) is 25.4. The van der Waals surface area contributed by atoms with Crippen LogP contribution in [0.3, 0.4) is 0 Å². The summed E-state index contributed by atoms with van der Waals surface area (Å²) in [5.74, 6) is -0.289. The monoisotopic (exact) mass is 223 g/mol. The van der Waals surface area contributed by atoms with E-state index in [0.29, 0.717) is 6.04 Å². The van der Waals surface area contributed by atoms with Gasteiger partial charge in [0, 0.05) is 19.1 Å². The normalized spacial score (nSPS) is 36.5. The van der Waals surface area contributed by atoms with Crippen molar-refractivity contribution in [3.63, 3.8) is 0 Å². The lowest BCUT2D eigenvalue weighted by atomic mass is 10.00. The Morgan fingerprint density at radius 1 is 1.00 bits per heavy atom. The Kier molecular flexibility index (Phi) is 2.44. The third-order valence-corrected chi connectivity index (χ3v) is 4.09. The van der Waals surface area contributed by atoms with Gasteiger partial charge in [-0.3, -0.25) is 19.8 Å². The van der Waals surface area contributed by atoms with Gasteiger partial charge < -0.3 is 5.32 Å². The maximum Gasteiger partial charge on any atom is 0.231 e. The summed E-state index contributed by atoms with van der Waals surface area (Å²) in [6.07, 6.45) is 2.27. The highest BCUT2D eigenvalue weighted by molar-refractivity contribution is 6.05. The predicted octanol–water partition coefficient (Wildman–Crippen LogP) is -1.06. The molecule has 5 heteroatoms. The molecule has 3 heterocycles. The standard InChI is InChI=1S/C11H17N3O2/c15-10-8-5-14(6-9(8)11(16)13-10)7-1-3-12-4-2-7/h7-9,12H,1-6H2,(H,13,15,16)/t8-,9+. The molecule has 2 atom stereocenters. The number of rotatable bonds is 1. The van der Waals surface area contributed by atoms with Crippen LogP contribution in [0.2, 0.25) is 0 Å². The van der Waals surface area contributed by atoms with Gasteiger partial charge in [-0.1, -0.05) is 0 Å². The van der Waals surface area contributed by atoms with Gasteiger partial charge in [0.15, 0.2) is 0 Å². The molecule has 0 spiro atoms. The van der Waals surface area contributed by atoms with Crippen molar-refractivity contribution >= 4 is 11.8 Å². The van der Waals surface area contributed by atoms with Crippen LogP contribution in [-0.4, -0.2) is 48.9 Å². The van der Waals surface area contributed by atoms with Crippen molar-refractivity contribution < 1.29 is 9.59 Å². The predicted molar refractivity (Wildman–Crippen MR) is 57.6 cm³/mol. The minimum Gasteiger partial charge on any atom is -0.317 e. The molecule has 3 aliphatic rings. The van der Waals surface area contributed by atoms with Crippen LogP contribution < -0.4 is 10.6 Å². The van der Waals surface area contributed by atoms with Crippen molar-refractivity contribution in [2.45, 2.75) is 18.9 Å². The van der Waals surface area contributed by atoms with Crippen LogP contribution in [-0.2, 0) is 9.59 Å². The molecule has 2 N–H and O–H groups in total. The number of imide groups is 1. The summed E-state index contributed by atoms with van der Waals surface area (Å²) in [6.45, 7) is 3.65. The number of nitrogens with zero attached hydrogens (tertiary/aromatic N) is 1. The Balaban J connectivity index is 1.68. The summed E-state index contributed by atoms with van der Waals surface area (Å²) < 4.78 is 0. The lowest BCUT2D eigenvalue weighted by Crippen LogP contribution is -2.43. The number of piperidine rings is 1. The molecular formula is C11H17N3O2. The number of hydrogen-bond acceptors (Lipinski definition) is 4. The van der Waals surface area contributed by atoms with E-state index < -0.39 is 0 Å². The summed E-state index contributed by atoms with van der Waals surface area (Å²) in [5, 5.41) is 5.76. The molecule has 3 aliphatic heterocycles. The maximum absolute atomic E-state index is 11.5. The first kappa shape index (κ1) is 10.2. The van der Waals surface area contributed by atoms with Crippen molar-refractivity contribution in [1.29, 1.82) is 0 Å². The van der Waals surface area contributed by atoms with Crippen molar-refractivity contribution in [2.75, 3.05) is 26.2 Å². The topological polar surface area (TPSA) is 61.4 Å². The van der Waals surface area contributed by atoms with Crippen molar-refractivity contribution in [2.24, 2.45) is 11.8 Å². The minimum absolute atomic E-state index is 0.0635. The highest BCUT2D eigenvalue weighted by Gasteiger charge is 2.48. The van der Waals surface area contributed by atoms with E-state index in [2.05, 4.69) is 15.5 Å². The zero-order valence-corrected chi connectivity index (χ0v) is 9.24. The van der Waals surface area contributed by atoms with Gasteiger partial charge in [0.05, 0.1) is 11.8 Å². The van der Waals surface area contributed by atoms with E-state index in [9.17, 15) is 9.59 Å². The van der Waals surface area contributed by atoms with Crippen molar-refractivity contribution in [3.05, 3.63) is 0 Å². The zero-order valence-electron chi connectivity index (χ0n) is 9.24. The average molecular weight is 223 g/mol. The van der Waals surface area contributed by atoms with Crippen molar-refractivity contribution in [3.8, 4) is 0 Å². The molecule has 0 aliphatic carbocycles. The highest BCUT2D eigenvalue weighted by Crippen LogP contribution is 2.31. The molecule has 0 unspecified atom stereocenters. The molecule has 0 bridgehead atoms. The van der Waals surface area contributed by atoms with E-state index in [4.69, 9.17) is 0 Å². The van der Waals surface area contributed by atoms with Crippen LogP contribution in [0, 0.1) is 11.8 Å². The summed E-state index contributed by atoms with van der Waals surface area (Å²) in [7, 11) is 0. The number of nitrogens with one attached hydrogen (secondary N) is 2. The Morgan fingerprint density at radius 3 is 2.12 bits per heavy atom. The fraction of sp³-hybridized carbons (Fsp3) is 0.818. The molecule has 2 amide bonds. The van der Waals surface area contributed by atoms with Gasteiger partial charge in [0.2, 0.25) is 11.8 Å². The smallest absolute Gasteiger partial charge is 0.231 e. The fourth-order valence-corrected chi connectivity index (χ4v) is 3.14. The molecule has 3 saturated heterocycles. The van der Waals surface area contributed by atoms with Crippen LogP contribution >= 0.6 is 0 Å². The van der Waals surface area contributed by atoms with Gasteiger partial charge in [0.1, 0.15) is 0 Å². The molecule has 3 fully saturated rings. The van der Waals surface area contributed by atoms with Crippen molar-refractivity contribution in [1.82, 2.24) is 15.5 Å². The average Bonchev–Trinajstić information content (AvgIpc) is 2.83. The molecule has 16 heavy (non-hydrogen) atoms. The van der Waals surface area contributed by atoms with Gasteiger partial charge in [-0.2, -0.15) is 0 Å². The van der Waals surface area contributed by atoms with Crippen LogP contribution in [0.4, 0.5) is 0 Å². The Morgan fingerprint density at radius 2 is 1.56 bits per heavy atom. The molecule has 3 rings (SSSR count). The number of carbonyl (C=O) groups excluding carboxylic acids is 2. The lowest BCUT2D eigenvalue weighted by molar-refractivity contribution is -0.126. The number of likely N-dealkylation sites (tertiary alicyclic amines) is 1. The van der Waals surface area contributed by atoms with E-state index in [0.717, 1.165) is 39.0 Å². The van der Waals surface area contributed by atoms with E-state index in [1.807, 2.05) is 0 Å². The third-order valence-electron chi connectivity index (χ3n) is 4.09. The summed E-state index contributed by atoms with van der Waals surface area (Å²) >= 11 is 0. The van der Waals surface area contributed by atoms with Gasteiger partial charge in [-0.25, -0.2) is 0 Å². The second-order valence-electron chi connectivity index (χ2n) is 5.00. The van der Waals surface area contributed by atoms with Gasteiger partial charge >= 0.3 is 0 Å². The first-order valence-corrected chi connectivity index (χ1v) is 6.05. The molecule has 0 radical (unpaired) electrons. The number of fused-ring (bicyclic) bond motifs is 1. The van der Waals surface area contributed by atoms with Crippen LogP contribution in [0.1, 0.15) is 12.8 Å². The first-order chi connectivity index (χ1) is 7.75. The second kappa shape index (κ2) is 3.82. The number of amides is 2. The summed E-state index contributed by atoms with van der Waals surface area (Å²) in [5.41, 5.74) is 0. The summed E-state index contributed by atoms with van der Waals surface area (Å²) in [6, 6.07) is 0.562. The second-order valence-corrected chi connectivity index (χ2v) is 5.00. The highest BCUT2D eigenvalue weighted by atomic mass is 16.2. The van der Waals surface area contributed by atoms with Crippen LogP contribution in [0.25, 0.3) is 0 Å². The SMILES string of the molecule is O=C1NC(=O)[C@@H]2CN(C3CCNCC3)C[C@H]12. The molecular weight excluding hydrogens is 206 g/mol. The Bertz CT molecular complexity index is 303. The van der Waals surface area contributed by atoms with Crippen LogP contribution in [0.15, 0.2) is 0 Å². The molecule has 0 aromatic carbocycles. The van der Waals surface area contributed by atoms with Gasteiger partial charge in [-0.05, 0) is 25.9 Å². The number of carbonyl (C=O) groups is 2. The Labute approximate surface area is 94.6 Å². The van der Waals surface area contributed by atoms with Gasteiger partial charge in [-0.15, -0.1) is 0 Å².